The van der Waals surface area contributed by atoms with Crippen molar-refractivity contribution >= 4 is 17.5 Å². The van der Waals surface area contributed by atoms with Crippen molar-refractivity contribution in [3.63, 3.8) is 0 Å². The molecule has 0 aliphatic carbocycles. The minimum absolute atomic E-state index is 0.134. The summed E-state index contributed by atoms with van der Waals surface area (Å²) >= 11 is 6.15. The van der Waals surface area contributed by atoms with Gasteiger partial charge in [0.2, 0.25) is 0 Å². The number of halogens is 1. The van der Waals surface area contributed by atoms with Crippen molar-refractivity contribution in [2.24, 2.45) is 5.92 Å². The van der Waals surface area contributed by atoms with Gasteiger partial charge in [0.25, 0.3) is 5.91 Å². The van der Waals surface area contributed by atoms with Crippen LogP contribution in [0.4, 0.5) is 0 Å². The summed E-state index contributed by atoms with van der Waals surface area (Å²) in [7, 11) is 0. The highest BCUT2D eigenvalue weighted by atomic mass is 35.5. The average molecular weight is 319 g/mol. The molecule has 22 heavy (non-hydrogen) atoms. The van der Waals surface area contributed by atoms with E-state index in [2.05, 4.69) is 17.6 Å². The number of hydrogen-bond donors (Lipinski definition) is 2. The van der Waals surface area contributed by atoms with E-state index in [9.17, 15) is 4.79 Å². The molecule has 2 N–H and O–H groups in total. The van der Waals surface area contributed by atoms with Gasteiger partial charge in [-0.25, -0.2) is 0 Å². The van der Waals surface area contributed by atoms with E-state index in [0.717, 1.165) is 25.1 Å². The molecule has 1 aromatic carbocycles. The maximum Gasteiger partial charge on any atom is 0.287 e. The summed E-state index contributed by atoms with van der Waals surface area (Å²) in [4.78, 5) is 12.3. The summed E-state index contributed by atoms with van der Waals surface area (Å²) in [5.41, 5.74) is 0.788. The molecule has 3 rings (SSSR count). The molecule has 1 aromatic heterocycles. The fourth-order valence-electron chi connectivity index (χ4n) is 2.69. The van der Waals surface area contributed by atoms with Crippen molar-refractivity contribution in [3.8, 4) is 11.3 Å². The largest absolute Gasteiger partial charge is 0.451 e. The Balaban J connectivity index is 1.73. The summed E-state index contributed by atoms with van der Waals surface area (Å²) in [6.45, 7) is 3.96. The van der Waals surface area contributed by atoms with E-state index < -0.39 is 0 Å². The Morgan fingerprint density at radius 3 is 2.91 bits per heavy atom. The van der Waals surface area contributed by atoms with Gasteiger partial charge in [-0.15, -0.1) is 0 Å². The topological polar surface area (TPSA) is 54.3 Å². The highest BCUT2D eigenvalue weighted by Gasteiger charge is 2.24. The predicted octanol–water partition coefficient (Wildman–Crippen LogP) is 3.33. The van der Waals surface area contributed by atoms with Crippen molar-refractivity contribution in [3.05, 3.63) is 47.2 Å². The molecule has 2 aromatic rings. The van der Waals surface area contributed by atoms with Crippen LogP contribution in [0.1, 0.15) is 23.9 Å². The van der Waals surface area contributed by atoms with Crippen LogP contribution in [-0.4, -0.2) is 25.0 Å². The van der Waals surface area contributed by atoms with Crippen LogP contribution in [0.5, 0.6) is 0 Å². The third-order valence-corrected chi connectivity index (χ3v) is 4.44. The molecular weight excluding hydrogens is 300 g/mol. The van der Waals surface area contributed by atoms with E-state index in [4.69, 9.17) is 16.0 Å². The monoisotopic (exact) mass is 318 g/mol. The van der Waals surface area contributed by atoms with Gasteiger partial charge in [0, 0.05) is 18.2 Å². The fraction of sp³-hybridized carbons (Fsp3) is 0.353. The van der Waals surface area contributed by atoms with Gasteiger partial charge in [-0.3, -0.25) is 4.79 Å². The molecule has 0 radical (unpaired) electrons. The maximum absolute atomic E-state index is 12.3. The van der Waals surface area contributed by atoms with Crippen LogP contribution in [0.2, 0.25) is 5.02 Å². The minimum atomic E-state index is -0.182. The SMILES string of the molecule is CC1CCNCC1NC(=O)c1ccc(-c2ccccc2Cl)o1. The van der Waals surface area contributed by atoms with Crippen LogP contribution in [0.25, 0.3) is 11.3 Å². The smallest absolute Gasteiger partial charge is 0.287 e. The lowest BCUT2D eigenvalue weighted by Crippen LogP contribution is -2.50. The highest BCUT2D eigenvalue weighted by molar-refractivity contribution is 6.33. The number of rotatable bonds is 3. The molecule has 1 amide bonds. The summed E-state index contributed by atoms with van der Waals surface area (Å²) in [5.74, 6) is 1.19. The first-order valence-corrected chi connectivity index (χ1v) is 7.89. The second kappa shape index (κ2) is 6.55. The van der Waals surface area contributed by atoms with Gasteiger partial charge in [-0.2, -0.15) is 0 Å². The lowest BCUT2D eigenvalue weighted by atomic mass is 9.95. The van der Waals surface area contributed by atoms with Crippen molar-refractivity contribution in [2.45, 2.75) is 19.4 Å². The Hall–Kier alpha value is -1.78. The number of piperidine rings is 1. The number of furan rings is 1. The Morgan fingerprint density at radius 2 is 2.14 bits per heavy atom. The van der Waals surface area contributed by atoms with E-state index in [0.29, 0.717) is 22.5 Å². The third kappa shape index (κ3) is 3.18. The minimum Gasteiger partial charge on any atom is -0.451 e. The second-order valence-electron chi connectivity index (χ2n) is 5.69. The van der Waals surface area contributed by atoms with E-state index in [1.165, 1.54) is 0 Å². The number of benzene rings is 1. The van der Waals surface area contributed by atoms with Gasteiger partial charge in [-0.1, -0.05) is 30.7 Å². The van der Waals surface area contributed by atoms with Gasteiger partial charge in [0.15, 0.2) is 5.76 Å². The molecule has 0 bridgehead atoms. The molecule has 2 heterocycles. The van der Waals surface area contributed by atoms with E-state index in [1.807, 2.05) is 18.2 Å². The molecule has 1 saturated heterocycles. The molecule has 2 atom stereocenters. The molecule has 0 spiro atoms. The van der Waals surface area contributed by atoms with Crippen molar-refractivity contribution in [2.75, 3.05) is 13.1 Å². The normalized spacial score (nSPS) is 21.5. The summed E-state index contributed by atoms with van der Waals surface area (Å²) in [6, 6.07) is 11.0. The molecule has 1 aliphatic rings. The van der Waals surface area contributed by atoms with Gasteiger partial charge < -0.3 is 15.1 Å². The highest BCUT2D eigenvalue weighted by Crippen LogP contribution is 2.29. The van der Waals surface area contributed by atoms with E-state index in [-0.39, 0.29) is 11.9 Å². The van der Waals surface area contributed by atoms with Crippen LogP contribution in [0.3, 0.4) is 0 Å². The molecule has 0 saturated carbocycles. The van der Waals surface area contributed by atoms with Crippen LogP contribution in [0, 0.1) is 5.92 Å². The predicted molar refractivity (Wildman–Crippen MR) is 87.1 cm³/mol. The Morgan fingerprint density at radius 1 is 1.32 bits per heavy atom. The quantitative estimate of drug-likeness (QED) is 0.912. The fourth-order valence-corrected chi connectivity index (χ4v) is 2.92. The van der Waals surface area contributed by atoms with Crippen molar-refractivity contribution in [1.29, 1.82) is 0 Å². The molecular formula is C17H19ClN2O2. The van der Waals surface area contributed by atoms with E-state index in [1.54, 1.807) is 18.2 Å². The molecule has 1 fully saturated rings. The lowest BCUT2D eigenvalue weighted by molar-refractivity contribution is 0.0888. The first-order chi connectivity index (χ1) is 10.6. The summed E-state index contributed by atoms with van der Waals surface area (Å²) < 4.78 is 5.67. The molecule has 5 heteroatoms. The van der Waals surface area contributed by atoms with Crippen LogP contribution in [-0.2, 0) is 0 Å². The summed E-state index contributed by atoms with van der Waals surface area (Å²) in [5, 5.41) is 6.94. The van der Waals surface area contributed by atoms with Gasteiger partial charge in [0.1, 0.15) is 5.76 Å². The zero-order chi connectivity index (χ0) is 15.5. The molecule has 4 nitrogen and oxygen atoms in total. The molecule has 116 valence electrons. The zero-order valence-corrected chi connectivity index (χ0v) is 13.2. The Bertz CT molecular complexity index is 668. The number of carbonyl (C=O) groups is 1. The Kier molecular flexibility index (Phi) is 4.50. The van der Waals surface area contributed by atoms with Crippen molar-refractivity contribution < 1.29 is 9.21 Å². The maximum atomic E-state index is 12.3. The lowest BCUT2D eigenvalue weighted by Gasteiger charge is -2.29. The average Bonchev–Trinajstić information content (AvgIpc) is 3.00. The van der Waals surface area contributed by atoms with E-state index >= 15 is 0 Å². The number of carbonyl (C=O) groups excluding carboxylic acids is 1. The van der Waals surface area contributed by atoms with Crippen LogP contribution in [0.15, 0.2) is 40.8 Å². The van der Waals surface area contributed by atoms with Gasteiger partial charge >= 0.3 is 0 Å². The molecule has 1 aliphatic heterocycles. The van der Waals surface area contributed by atoms with Crippen molar-refractivity contribution in [1.82, 2.24) is 10.6 Å². The summed E-state index contributed by atoms with van der Waals surface area (Å²) in [6.07, 6.45) is 1.06. The first kappa shape index (κ1) is 15.1. The van der Waals surface area contributed by atoms with Gasteiger partial charge in [-0.05, 0) is 43.1 Å². The standard InChI is InChI=1S/C17H19ClN2O2/c1-11-8-9-19-10-14(11)20-17(21)16-7-6-15(22-16)12-4-2-3-5-13(12)18/h2-7,11,14,19H,8-10H2,1H3,(H,20,21). The van der Waals surface area contributed by atoms with Gasteiger partial charge in [0.05, 0.1) is 5.02 Å². The first-order valence-electron chi connectivity index (χ1n) is 7.51. The number of hydrogen-bond acceptors (Lipinski definition) is 3. The number of nitrogens with one attached hydrogen (secondary N) is 2. The van der Waals surface area contributed by atoms with Crippen LogP contribution < -0.4 is 10.6 Å². The second-order valence-corrected chi connectivity index (χ2v) is 6.10. The Labute approximate surface area is 134 Å². The van der Waals surface area contributed by atoms with Crippen LogP contribution >= 0.6 is 11.6 Å². The number of amides is 1. The third-order valence-electron chi connectivity index (χ3n) is 4.11. The zero-order valence-electron chi connectivity index (χ0n) is 12.4. The molecule has 2 unspecified atom stereocenters.